The van der Waals surface area contributed by atoms with E-state index in [1.165, 1.54) is 5.56 Å². The van der Waals surface area contributed by atoms with Crippen molar-refractivity contribution < 1.29 is 14.3 Å². The molecule has 0 unspecified atom stereocenters. The molecule has 2 saturated heterocycles. The molecular weight excluding hydrogens is 418 g/mol. The highest BCUT2D eigenvalue weighted by molar-refractivity contribution is 5.89. The van der Waals surface area contributed by atoms with Crippen molar-refractivity contribution in [2.24, 2.45) is 0 Å². The van der Waals surface area contributed by atoms with E-state index in [9.17, 15) is 9.59 Å². The van der Waals surface area contributed by atoms with Crippen molar-refractivity contribution in [2.75, 3.05) is 51.3 Å². The summed E-state index contributed by atoms with van der Waals surface area (Å²) in [7, 11) is 0. The number of anilines is 1. The standard InChI is InChI=1S/C25H31N5O3/c31-24(18-28-11-13-33-14-12-28)29-9-6-20(7-10-29)19-1-3-23(4-2-19)27-25(32)30-16-21-5-8-26-15-22(21)17-30/h1-5,8,15,20H,6-7,9-14,16-18H2,(H,27,32). The zero-order chi connectivity index (χ0) is 22.6. The Bertz CT molecular complexity index is 957. The lowest BCUT2D eigenvalue weighted by molar-refractivity contribution is -0.134. The summed E-state index contributed by atoms with van der Waals surface area (Å²) in [5, 5.41) is 3.01. The minimum absolute atomic E-state index is 0.0916. The number of likely N-dealkylation sites (tertiary alicyclic amines) is 1. The first-order valence-corrected chi connectivity index (χ1v) is 11.8. The Morgan fingerprint density at radius 3 is 2.39 bits per heavy atom. The molecule has 3 amide bonds. The average Bonchev–Trinajstić information content (AvgIpc) is 3.30. The van der Waals surface area contributed by atoms with Crippen LogP contribution in [-0.4, -0.2) is 77.6 Å². The largest absolute Gasteiger partial charge is 0.379 e. The van der Waals surface area contributed by atoms with Gasteiger partial charge in [0.25, 0.3) is 0 Å². The predicted octanol–water partition coefficient (Wildman–Crippen LogP) is 2.67. The van der Waals surface area contributed by atoms with Gasteiger partial charge in [-0.2, -0.15) is 0 Å². The number of carbonyl (C=O) groups excluding carboxylic acids is 2. The number of piperidine rings is 1. The molecule has 5 rings (SSSR count). The fraction of sp³-hybridized carbons (Fsp3) is 0.480. The molecule has 3 aliphatic rings. The first kappa shape index (κ1) is 21.9. The van der Waals surface area contributed by atoms with Crippen LogP contribution >= 0.6 is 0 Å². The van der Waals surface area contributed by atoms with E-state index in [0.29, 0.717) is 25.6 Å². The van der Waals surface area contributed by atoms with E-state index in [-0.39, 0.29) is 11.9 Å². The van der Waals surface area contributed by atoms with E-state index >= 15 is 0 Å². The molecule has 4 heterocycles. The SMILES string of the molecule is O=C(CN1CCOCC1)N1CCC(c2ccc(NC(=O)N3Cc4ccncc4C3)cc2)CC1. The van der Waals surface area contributed by atoms with Crippen LogP contribution in [0.1, 0.15) is 35.4 Å². The molecule has 2 aromatic rings. The van der Waals surface area contributed by atoms with Crippen LogP contribution in [0.4, 0.5) is 10.5 Å². The molecule has 1 aromatic carbocycles. The van der Waals surface area contributed by atoms with Crippen molar-refractivity contribution in [2.45, 2.75) is 31.8 Å². The van der Waals surface area contributed by atoms with Gasteiger partial charge in [-0.1, -0.05) is 12.1 Å². The summed E-state index contributed by atoms with van der Waals surface area (Å²) in [4.78, 5) is 35.4. The predicted molar refractivity (Wildman–Crippen MR) is 125 cm³/mol. The molecule has 0 saturated carbocycles. The van der Waals surface area contributed by atoms with Gasteiger partial charge in [0.2, 0.25) is 5.91 Å². The quantitative estimate of drug-likeness (QED) is 0.777. The lowest BCUT2D eigenvalue weighted by Gasteiger charge is -2.34. The Kier molecular flexibility index (Phi) is 6.55. The molecule has 174 valence electrons. The molecule has 8 heteroatoms. The first-order valence-electron chi connectivity index (χ1n) is 11.8. The number of ether oxygens (including phenoxy) is 1. The van der Waals surface area contributed by atoms with Crippen LogP contribution in [-0.2, 0) is 22.6 Å². The Morgan fingerprint density at radius 2 is 1.67 bits per heavy atom. The topological polar surface area (TPSA) is 78.0 Å². The molecule has 33 heavy (non-hydrogen) atoms. The van der Waals surface area contributed by atoms with Crippen molar-refractivity contribution in [3.63, 3.8) is 0 Å². The zero-order valence-electron chi connectivity index (χ0n) is 18.9. The molecule has 3 aliphatic heterocycles. The number of carbonyl (C=O) groups is 2. The van der Waals surface area contributed by atoms with Gasteiger partial charge in [0.05, 0.1) is 19.8 Å². The monoisotopic (exact) mass is 449 g/mol. The molecule has 2 fully saturated rings. The van der Waals surface area contributed by atoms with Crippen LogP contribution in [0.5, 0.6) is 0 Å². The highest BCUT2D eigenvalue weighted by Gasteiger charge is 2.26. The number of hydrogen-bond acceptors (Lipinski definition) is 5. The number of benzene rings is 1. The number of morpholine rings is 1. The van der Waals surface area contributed by atoms with Gasteiger partial charge in [-0.15, -0.1) is 0 Å². The Labute approximate surface area is 194 Å². The Hall–Kier alpha value is -2.97. The molecule has 1 aromatic heterocycles. The van der Waals surface area contributed by atoms with Crippen molar-refractivity contribution in [3.8, 4) is 0 Å². The Balaban J connectivity index is 1.09. The fourth-order valence-electron chi connectivity index (χ4n) is 4.92. The minimum Gasteiger partial charge on any atom is -0.379 e. The third-order valence-corrected chi connectivity index (χ3v) is 6.96. The number of amides is 3. The normalized spacial score (nSPS) is 19.4. The first-order chi connectivity index (χ1) is 16.2. The number of rotatable bonds is 4. The van der Waals surface area contributed by atoms with Crippen LogP contribution < -0.4 is 5.32 Å². The number of pyridine rings is 1. The van der Waals surface area contributed by atoms with E-state index in [0.717, 1.165) is 69.0 Å². The molecule has 0 atom stereocenters. The van der Waals surface area contributed by atoms with Gasteiger partial charge in [-0.3, -0.25) is 14.7 Å². The number of fused-ring (bicyclic) bond motifs is 1. The summed E-state index contributed by atoms with van der Waals surface area (Å²) >= 11 is 0. The number of hydrogen-bond donors (Lipinski definition) is 1. The minimum atomic E-state index is -0.0916. The lowest BCUT2D eigenvalue weighted by atomic mass is 9.89. The van der Waals surface area contributed by atoms with E-state index in [4.69, 9.17) is 4.74 Å². The third-order valence-electron chi connectivity index (χ3n) is 6.96. The maximum Gasteiger partial charge on any atom is 0.322 e. The second kappa shape index (κ2) is 9.89. The molecule has 0 aliphatic carbocycles. The molecule has 1 N–H and O–H groups in total. The molecule has 0 spiro atoms. The van der Waals surface area contributed by atoms with Crippen molar-refractivity contribution in [3.05, 3.63) is 59.4 Å². The summed E-state index contributed by atoms with van der Waals surface area (Å²) in [6.07, 6.45) is 5.55. The van der Waals surface area contributed by atoms with Gasteiger partial charge in [-0.05, 0) is 53.6 Å². The summed E-state index contributed by atoms with van der Waals surface area (Å²) in [5.74, 6) is 0.677. The smallest absolute Gasteiger partial charge is 0.322 e. The summed E-state index contributed by atoms with van der Waals surface area (Å²) in [6, 6.07) is 10.1. The van der Waals surface area contributed by atoms with Crippen LogP contribution in [0.3, 0.4) is 0 Å². The lowest BCUT2D eigenvalue weighted by Crippen LogP contribution is -2.46. The molecule has 0 bridgehead atoms. The van der Waals surface area contributed by atoms with Crippen molar-refractivity contribution in [1.29, 1.82) is 0 Å². The summed E-state index contributed by atoms with van der Waals surface area (Å²) in [5.41, 5.74) is 4.34. The van der Waals surface area contributed by atoms with E-state index < -0.39 is 0 Å². The van der Waals surface area contributed by atoms with Crippen LogP contribution in [0, 0.1) is 0 Å². The van der Waals surface area contributed by atoms with E-state index in [1.807, 2.05) is 29.3 Å². The van der Waals surface area contributed by atoms with E-state index in [2.05, 4.69) is 27.3 Å². The van der Waals surface area contributed by atoms with Gasteiger partial charge in [0, 0.05) is 57.3 Å². The molecule has 8 nitrogen and oxygen atoms in total. The van der Waals surface area contributed by atoms with Crippen LogP contribution in [0.25, 0.3) is 0 Å². The number of aromatic nitrogens is 1. The van der Waals surface area contributed by atoms with Crippen molar-refractivity contribution >= 4 is 17.6 Å². The maximum absolute atomic E-state index is 12.7. The Morgan fingerprint density at radius 1 is 0.939 bits per heavy atom. The van der Waals surface area contributed by atoms with Crippen LogP contribution in [0.15, 0.2) is 42.7 Å². The third kappa shape index (κ3) is 5.17. The van der Waals surface area contributed by atoms with Gasteiger partial charge in [0.1, 0.15) is 0 Å². The number of urea groups is 1. The number of nitrogens with zero attached hydrogens (tertiary/aromatic N) is 4. The van der Waals surface area contributed by atoms with Gasteiger partial charge in [-0.25, -0.2) is 4.79 Å². The highest BCUT2D eigenvalue weighted by atomic mass is 16.5. The maximum atomic E-state index is 12.7. The highest BCUT2D eigenvalue weighted by Crippen LogP contribution is 2.29. The average molecular weight is 450 g/mol. The van der Waals surface area contributed by atoms with E-state index in [1.54, 1.807) is 11.1 Å². The van der Waals surface area contributed by atoms with Crippen LogP contribution in [0.2, 0.25) is 0 Å². The van der Waals surface area contributed by atoms with Gasteiger partial charge in [0.15, 0.2) is 0 Å². The van der Waals surface area contributed by atoms with Gasteiger partial charge >= 0.3 is 6.03 Å². The number of nitrogens with one attached hydrogen (secondary N) is 1. The fourth-order valence-corrected chi connectivity index (χ4v) is 4.92. The second-order valence-corrected chi connectivity index (χ2v) is 9.10. The zero-order valence-corrected chi connectivity index (χ0v) is 18.9. The second-order valence-electron chi connectivity index (χ2n) is 9.10. The van der Waals surface area contributed by atoms with Crippen molar-refractivity contribution in [1.82, 2.24) is 19.7 Å². The van der Waals surface area contributed by atoms with Gasteiger partial charge < -0.3 is 19.9 Å². The summed E-state index contributed by atoms with van der Waals surface area (Å²) in [6.45, 7) is 6.43. The summed E-state index contributed by atoms with van der Waals surface area (Å²) < 4.78 is 5.36. The molecule has 0 radical (unpaired) electrons. The molecular formula is C25H31N5O3.